The van der Waals surface area contributed by atoms with E-state index in [1.165, 1.54) is 0 Å². The Morgan fingerprint density at radius 2 is 1.31 bits per heavy atom. The normalized spacial score (nSPS) is 11.2. The Labute approximate surface area is 167 Å². The molecule has 0 saturated heterocycles. The van der Waals surface area contributed by atoms with Gasteiger partial charge in [-0.2, -0.15) is 0 Å². The van der Waals surface area contributed by atoms with E-state index in [9.17, 15) is 14.4 Å². The van der Waals surface area contributed by atoms with E-state index in [0.29, 0.717) is 22.5 Å². The summed E-state index contributed by atoms with van der Waals surface area (Å²) in [6.07, 6.45) is 0. The lowest BCUT2D eigenvalue weighted by molar-refractivity contribution is -0.118. The number of primary amides is 1. The number of carbonyl (C=O) groups is 3. The molecule has 0 aliphatic heterocycles. The predicted octanol–water partition coefficient (Wildman–Crippen LogP) is 3.29. The average Bonchev–Trinajstić information content (AvgIpc) is 2.73. The first-order chi connectivity index (χ1) is 14.0. The van der Waals surface area contributed by atoms with E-state index in [1.807, 2.05) is 12.1 Å². The topological polar surface area (TPSA) is 113 Å². The van der Waals surface area contributed by atoms with Crippen molar-refractivity contribution in [3.05, 3.63) is 96.1 Å². The van der Waals surface area contributed by atoms with Crippen molar-refractivity contribution < 1.29 is 14.4 Å². The number of amides is 4. The van der Waals surface area contributed by atoms with Gasteiger partial charge in [0.25, 0.3) is 11.8 Å². The van der Waals surface area contributed by atoms with E-state index in [2.05, 4.69) is 16.0 Å². The van der Waals surface area contributed by atoms with E-state index in [0.717, 1.165) is 0 Å². The summed E-state index contributed by atoms with van der Waals surface area (Å²) in [5.41, 5.74) is 7.12. The Kier molecular flexibility index (Phi) is 6.22. The van der Waals surface area contributed by atoms with Crippen molar-refractivity contribution in [3.8, 4) is 0 Å². The van der Waals surface area contributed by atoms with Crippen LogP contribution in [0.25, 0.3) is 0 Å². The molecule has 5 N–H and O–H groups in total. The van der Waals surface area contributed by atoms with Crippen LogP contribution in [0.4, 0.5) is 16.2 Å². The van der Waals surface area contributed by atoms with Crippen molar-refractivity contribution in [2.24, 2.45) is 5.73 Å². The highest BCUT2D eigenvalue weighted by Crippen LogP contribution is 2.19. The Balaban J connectivity index is 1.81. The first-order valence-corrected chi connectivity index (χ1v) is 8.91. The van der Waals surface area contributed by atoms with Crippen molar-refractivity contribution in [1.29, 1.82) is 0 Å². The highest BCUT2D eigenvalue weighted by molar-refractivity contribution is 6.02. The number of hydrogen-bond donors (Lipinski definition) is 4. The van der Waals surface area contributed by atoms with Gasteiger partial charge in [-0.25, -0.2) is 4.79 Å². The number of nitrogens with one attached hydrogen (secondary N) is 3. The van der Waals surface area contributed by atoms with Crippen LogP contribution in [0.5, 0.6) is 0 Å². The Bertz CT molecular complexity index is 1010. The molecule has 0 aliphatic carbocycles. The lowest BCUT2D eigenvalue weighted by atomic mass is 10.0. The standard InChI is InChI=1S/C22H20N4O3/c23-22(29)25-18-13-7-12-17(14-18)24-21(28)19(15-8-3-1-4-9-15)26-20(27)16-10-5-2-6-11-16/h1-14,19H,(H,24,28)(H,26,27)(H3,23,25,29). The van der Waals surface area contributed by atoms with E-state index in [-0.39, 0.29) is 5.91 Å². The molecule has 29 heavy (non-hydrogen) atoms. The van der Waals surface area contributed by atoms with Crippen molar-refractivity contribution in [2.45, 2.75) is 6.04 Å². The molecular formula is C22H20N4O3. The summed E-state index contributed by atoms with van der Waals surface area (Å²) in [5.74, 6) is -0.782. The highest BCUT2D eigenvalue weighted by atomic mass is 16.2. The molecule has 7 heteroatoms. The molecule has 3 aromatic carbocycles. The maximum Gasteiger partial charge on any atom is 0.316 e. The van der Waals surface area contributed by atoms with Gasteiger partial charge < -0.3 is 21.7 Å². The SMILES string of the molecule is NC(=O)Nc1cccc(NC(=O)C(NC(=O)c2ccccc2)c2ccccc2)c1. The second kappa shape index (κ2) is 9.18. The van der Waals surface area contributed by atoms with Crippen LogP contribution in [0.2, 0.25) is 0 Å². The number of carbonyl (C=O) groups excluding carboxylic acids is 3. The van der Waals surface area contributed by atoms with Crippen LogP contribution in [-0.2, 0) is 4.79 Å². The zero-order valence-electron chi connectivity index (χ0n) is 15.5. The van der Waals surface area contributed by atoms with Crippen LogP contribution in [0.15, 0.2) is 84.9 Å². The van der Waals surface area contributed by atoms with Crippen LogP contribution in [0, 0.1) is 0 Å². The smallest absolute Gasteiger partial charge is 0.316 e. The molecule has 3 rings (SSSR count). The molecule has 0 bridgehead atoms. The lowest BCUT2D eigenvalue weighted by Gasteiger charge is -2.19. The maximum absolute atomic E-state index is 13.0. The predicted molar refractivity (Wildman–Crippen MR) is 111 cm³/mol. The molecule has 7 nitrogen and oxygen atoms in total. The number of benzene rings is 3. The summed E-state index contributed by atoms with van der Waals surface area (Å²) in [4.78, 5) is 36.6. The van der Waals surface area contributed by atoms with Gasteiger partial charge in [0.05, 0.1) is 0 Å². The van der Waals surface area contributed by atoms with Gasteiger partial charge in [-0.1, -0.05) is 54.6 Å². The maximum atomic E-state index is 13.0. The van der Waals surface area contributed by atoms with E-state index >= 15 is 0 Å². The third kappa shape index (κ3) is 5.43. The minimum Gasteiger partial charge on any atom is -0.351 e. The van der Waals surface area contributed by atoms with Gasteiger partial charge in [-0.3, -0.25) is 9.59 Å². The summed E-state index contributed by atoms with van der Waals surface area (Å²) in [5, 5.41) is 7.99. The molecule has 0 aliphatic rings. The van der Waals surface area contributed by atoms with Gasteiger partial charge in [0, 0.05) is 16.9 Å². The van der Waals surface area contributed by atoms with Gasteiger partial charge >= 0.3 is 6.03 Å². The Morgan fingerprint density at radius 3 is 1.93 bits per heavy atom. The van der Waals surface area contributed by atoms with Crippen LogP contribution in [-0.4, -0.2) is 17.8 Å². The van der Waals surface area contributed by atoms with E-state index < -0.39 is 18.0 Å². The van der Waals surface area contributed by atoms with Crippen molar-refractivity contribution in [3.63, 3.8) is 0 Å². The molecule has 0 fully saturated rings. The Morgan fingerprint density at radius 1 is 0.724 bits per heavy atom. The van der Waals surface area contributed by atoms with Crippen LogP contribution in [0.1, 0.15) is 22.0 Å². The van der Waals surface area contributed by atoms with Gasteiger partial charge in [-0.05, 0) is 35.9 Å². The summed E-state index contributed by atoms with van der Waals surface area (Å²) in [6, 6.07) is 22.6. The van der Waals surface area contributed by atoms with E-state index in [4.69, 9.17) is 5.73 Å². The summed E-state index contributed by atoms with van der Waals surface area (Å²) in [6.45, 7) is 0. The minimum atomic E-state index is -0.906. The largest absolute Gasteiger partial charge is 0.351 e. The fourth-order valence-corrected chi connectivity index (χ4v) is 2.78. The number of rotatable bonds is 6. The third-order valence-electron chi connectivity index (χ3n) is 4.10. The first kappa shape index (κ1) is 19.6. The van der Waals surface area contributed by atoms with Crippen molar-refractivity contribution >= 4 is 29.2 Å². The molecular weight excluding hydrogens is 368 g/mol. The second-order valence-corrected chi connectivity index (χ2v) is 6.24. The number of nitrogens with two attached hydrogens (primary N) is 1. The second-order valence-electron chi connectivity index (χ2n) is 6.24. The molecule has 0 radical (unpaired) electrons. The molecule has 0 saturated carbocycles. The zero-order valence-corrected chi connectivity index (χ0v) is 15.5. The quantitative estimate of drug-likeness (QED) is 0.520. The third-order valence-corrected chi connectivity index (χ3v) is 4.10. The lowest BCUT2D eigenvalue weighted by Crippen LogP contribution is -2.37. The van der Waals surface area contributed by atoms with Gasteiger partial charge in [0.1, 0.15) is 6.04 Å². The van der Waals surface area contributed by atoms with Crippen LogP contribution < -0.4 is 21.7 Å². The average molecular weight is 388 g/mol. The molecule has 0 heterocycles. The molecule has 3 aromatic rings. The Hall–Kier alpha value is -4.13. The monoisotopic (exact) mass is 388 g/mol. The minimum absolute atomic E-state index is 0.362. The molecule has 0 spiro atoms. The van der Waals surface area contributed by atoms with Gasteiger partial charge in [0.2, 0.25) is 0 Å². The summed E-state index contributed by atoms with van der Waals surface area (Å²) < 4.78 is 0. The fourth-order valence-electron chi connectivity index (χ4n) is 2.78. The first-order valence-electron chi connectivity index (χ1n) is 8.91. The molecule has 1 unspecified atom stereocenters. The number of hydrogen-bond acceptors (Lipinski definition) is 3. The van der Waals surface area contributed by atoms with Crippen molar-refractivity contribution in [2.75, 3.05) is 10.6 Å². The van der Waals surface area contributed by atoms with Crippen molar-refractivity contribution in [1.82, 2.24) is 5.32 Å². The van der Waals surface area contributed by atoms with E-state index in [1.54, 1.807) is 72.8 Å². The van der Waals surface area contributed by atoms with Gasteiger partial charge in [-0.15, -0.1) is 0 Å². The summed E-state index contributed by atoms with van der Waals surface area (Å²) in [7, 11) is 0. The molecule has 4 amide bonds. The highest BCUT2D eigenvalue weighted by Gasteiger charge is 2.23. The molecule has 1 atom stereocenters. The van der Waals surface area contributed by atoms with Crippen LogP contribution >= 0.6 is 0 Å². The fraction of sp³-hybridized carbons (Fsp3) is 0.0455. The molecule has 0 aromatic heterocycles. The van der Waals surface area contributed by atoms with Gasteiger partial charge in [0.15, 0.2) is 0 Å². The zero-order chi connectivity index (χ0) is 20.6. The number of urea groups is 1. The summed E-state index contributed by atoms with van der Waals surface area (Å²) >= 11 is 0. The van der Waals surface area contributed by atoms with Crippen LogP contribution in [0.3, 0.4) is 0 Å². The molecule has 146 valence electrons. The number of anilines is 2.